The van der Waals surface area contributed by atoms with E-state index in [4.69, 9.17) is 5.73 Å². The highest BCUT2D eigenvalue weighted by molar-refractivity contribution is 9.10. The van der Waals surface area contributed by atoms with Crippen molar-refractivity contribution >= 4 is 38.7 Å². The Hall–Kier alpha value is -1.33. The molecule has 0 saturated carbocycles. The Balaban J connectivity index is 2.31. The molecule has 0 unspecified atom stereocenters. The molecule has 0 aliphatic carbocycles. The molecule has 0 bridgehead atoms. The second-order valence-corrected chi connectivity index (χ2v) is 6.84. The van der Waals surface area contributed by atoms with Gasteiger partial charge in [-0.05, 0) is 60.5 Å². The van der Waals surface area contributed by atoms with Gasteiger partial charge in [-0.15, -0.1) is 11.3 Å². The number of imidazole rings is 1. The standard InChI is InChI=1S/C14H14BrN3S/c1-7-4-8(2)18-12(5-7)17-13(14(18)16)11-6-10(15)9(3)19-11/h4-6H,16H2,1-3H3. The van der Waals surface area contributed by atoms with Gasteiger partial charge in [0, 0.05) is 15.0 Å². The Kier molecular flexibility index (Phi) is 2.91. The van der Waals surface area contributed by atoms with Crippen molar-refractivity contribution in [1.29, 1.82) is 0 Å². The van der Waals surface area contributed by atoms with E-state index in [9.17, 15) is 0 Å². The number of aromatic nitrogens is 2. The van der Waals surface area contributed by atoms with Crippen LogP contribution in [0.2, 0.25) is 0 Å². The van der Waals surface area contributed by atoms with E-state index in [2.05, 4.69) is 59.9 Å². The molecule has 3 rings (SSSR count). The molecule has 2 N–H and O–H groups in total. The molecule has 0 fully saturated rings. The minimum Gasteiger partial charge on any atom is -0.383 e. The molecular weight excluding hydrogens is 322 g/mol. The molecular formula is C14H14BrN3S. The van der Waals surface area contributed by atoms with Crippen LogP contribution in [0.1, 0.15) is 16.1 Å². The normalized spacial score (nSPS) is 11.4. The largest absolute Gasteiger partial charge is 0.383 e. The summed E-state index contributed by atoms with van der Waals surface area (Å²) in [7, 11) is 0. The Morgan fingerprint density at radius 3 is 2.58 bits per heavy atom. The van der Waals surface area contributed by atoms with Crippen molar-refractivity contribution in [2.24, 2.45) is 0 Å². The van der Waals surface area contributed by atoms with E-state index in [1.54, 1.807) is 11.3 Å². The molecule has 19 heavy (non-hydrogen) atoms. The number of rotatable bonds is 1. The quantitative estimate of drug-likeness (QED) is 0.719. The van der Waals surface area contributed by atoms with Gasteiger partial charge >= 0.3 is 0 Å². The summed E-state index contributed by atoms with van der Waals surface area (Å²) in [5, 5.41) is 0. The predicted molar refractivity (Wildman–Crippen MR) is 84.8 cm³/mol. The molecule has 0 aliphatic rings. The molecule has 3 nitrogen and oxygen atoms in total. The van der Waals surface area contributed by atoms with Crippen molar-refractivity contribution in [3.63, 3.8) is 0 Å². The molecule has 0 aromatic carbocycles. The predicted octanol–water partition coefficient (Wildman–Crippen LogP) is 4.33. The maximum absolute atomic E-state index is 6.27. The van der Waals surface area contributed by atoms with Crippen molar-refractivity contribution in [1.82, 2.24) is 9.38 Å². The van der Waals surface area contributed by atoms with Gasteiger partial charge in [0.15, 0.2) is 0 Å². The van der Waals surface area contributed by atoms with Crippen molar-refractivity contribution in [2.75, 3.05) is 5.73 Å². The third kappa shape index (κ3) is 1.97. The summed E-state index contributed by atoms with van der Waals surface area (Å²) in [5.41, 5.74) is 10.4. The van der Waals surface area contributed by atoms with Crippen LogP contribution in [0.4, 0.5) is 5.82 Å². The fraction of sp³-hybridized carbons (Fsp3) is 0.214. The zero-order valence-corrected chi connectivity index (χ0v) is 13.4. The first-order valence-electron chi connectivity index (χ1n) is 5.99. The second-order valence-electron chi connectivity index (χ2n) is 4.73. The van der Waals surface area contributed by atoms with Crippen LogP contribution in [0.3, 0.4) is 0 Å². The molecule has 0 spiro atoms. The Morgan fingerprint density at radius 1 is 1.21 bits per heavy atom. The minimum absolute atomic E-state index is 0.709. The number of nitrogens with two attached hydrogens (primary N) is 1. The lowest BCUT2D eigenvalue weighted by atomic mass is 10.2. The van der Waals surface area contributed by atoms with E-state index in [0.29, 0.717) is 5.82 Å². The van der Waals surface area contributed by atoms with Gasteiger partial charge in [-0.3, -0.25) is 4.40 Å². The van der Waals surface area contributed by atoms with Gasteiger partial charge < -0.3 is 5.73 Å². The molecule has 98 valence electrons. The zero-order chi connectivity index (χ0) is 13.7. The van der Waals surface area contributed by atoms with Crippen LogP contribution < -0.4 is 5.73 Å². The molecule has 3 aromatic rings. The molecule has 0 aliphatic heterocycles. The highest BCUT2D eigenvalue weighted by Crippen LogP contribution is 2.37. The van der Waals surface area contributed by atoms with Crippen LogP contribution in [0.25, 0.3) is 16.2 Å². The number of thiophene rings is 1. The van der Waals surface area contributed by atoms with Crippen LogP contribution in [0.5, 0.6) is 0 Å². The fourth-order valence-electron chi connectivity index (χ4n) is 2.32. The maximum Gasteiger partial charge on any atom is 0.139 e. The minimum atomic E-state index is 0.709. The smallest absolute Gasteiger partial charge is 0.139 e. The van der Waals surface area contributed by atoms with Crippen LogP contribution in [0.15, 0.2) is 22.7 Å². The van der Waals surface area contributed by atoms with Crippen molar-refractivity contribution in [3.8, 4) is 10.6 Å². The Labute approximate surface area is 124 Å². The van der Waals surface area contributed by atoms with Gasteiger partial charge in [-0.1, -0.05) is 0 Å². The van der Waals surface area contributed by atoms with Crippen LogP contribution in [-0.4, -0.2) is 9.38 Å². The van der Waals surface area contributed by atoms with Crippen molar-refractivity contribution in [2.45, 2.75) is 20.8 Å². The Bertz CT molecular complexity index is 766. The number of hydrogen-bond acceptors (Lipinski definition) is 3. The van der Waals surface area contributed by atoms with Crippen LogP contribution >= 0.6 is 27.3 Å². The summed E-state index contributed by atoms with van der Waals surface area (Å²) >= 11 is 5.25. The summed E-state index contributed by atoms with van der Waals surface area (Å²) in [6.07, 6.45) is 0. The summed E-state index contributed by atoms with van der Waals surface area (Å²) < 4.78 is 3.11. The molecule has 5 heteroatoms. The molecule has 0 saturated heterocycles. The summed E-state index contributed by atoms with van der Waals surface area (Å²) in [6, 6.07) is 6.26. The van der Waals surface area contributed by atoms with E-state index < -0.39 is 0 Å². The van der Waals surface area contributed by atoms with Gasteiger partial charge in [0.1, 0.15) is 17.2 Å². The molecule has 0 atom stereocenters. The van der Waals surface area contributed by atoms with Crippen LogP contribution in [0, 0.1) is 20.8 Å². The number of halogens is 1. The molecule has 0 amide bonds. The van der Waals surface area contributed by atoms with E-state index in [-0.39, 0.29) is 0 Å². The number of nitrogens with zero attached hydrogens (tertiary/aromatic N) is 2. The molecule has 0 radical (unpaired) electrons. The van der Waals surface area contributed by atoms with Crippen molar-refractivity contribution in [3.05, 3.63) is 38.8 Å². The number of pyridine rings is 1. The third-order valence-corrected chi connectivity index (χ3v) is 5.32. The number of hydrogen-bond donors (Lipinski definition) is 1. The SMILES string of the molecule is Cc1cc(C)n2c(N)c(-c3cc(Br)c(C)s3)nc2c1. The highest BCUT2D eigenvalue weighted by atomic mass is 79.9. The van der Waals surface area contributed by atoms with Crippen molar-refractivity contribution < 1.29 is 0 Å². The highest BCUT2D eigenvalue weighted by Gasteiger charge is 2.15. The summed E-state index contributed by atoms with van der Waals surface area (Å²) in [6.45, 7) is 6.21. The van der Waals surface area contributed by atoms with Gasteiger partial charge in [-0.2, -0.15) is 0 Å². The lowest BCUT2D eigenvalue weighted by molar-refractivity contribution is 1.09. The first-order valence-corrected chi connectivity index (χ1v) is 7.60. The lowest BCUT2D eigenvalue weighted by Crippen LogP contribution is -1.98. The maximum atomic E-state index is 6.27. The number of nitrogen functional groups attached to an aromatic ring is 1. The summed E-state index contributed by atoms with van der Waals surface area (Å²) in [4.78, 5) is 7.02. The van der Waals surface area contributed by atoms with Gasteiger partial charge in [0.05, 0.1) is 4.88 Å². The average Bonchev–Trinajstić information content (AvgIpc) is 2.81. The fourth-order valence-corrected chi connectivity index (χ4v) is 3.85. The monoisotopic (exact) mass is 335 g/mol. The molecule has 3 heterocycles. The molecule has 3 aromatic heterocycles. The topological polar surface area (TPSA) is 43.3 Å². The average molecular weight is 336 g/mol. The Morgan fingerprint density at radius 2 is 1.95 bits per heavy atom. The van der Waals surface area contributed by atoms with Gasteiger partial charge in [0.2, 0.25) is 0 Å². The number of aryl methyl sites for hydroxylation is 3. The van der Waals surface area contributed by atoms with E-state index in [1.807, 2.05) is 4.40 Å². The summed E-state index contributed by atoms with van der Waals surface area (Å²) in [5.74, 6) is 0.709. The lowest BCUT2D eigenvalue weighted by Gasteiger charge is -2.03. The first kappa shape index (κ1) is 12.7. The van der Waals surface area contributed by atoms with Gasteiger partial charge in [-0.25, -0.2) is 4.98 Å². The second kappa shape index (κ2) is 4.35. The van der Waals surface area contributed by atoms with E-state index in [1.165, 1.54) is 10.4 Å². The zero-order valence-electron chi connectivity index (χ0n) is 11.0. The van der Waals surface area contributed by atoms with E-state index in [0.717, 1.165) is 26.4 Å². The van der Waals surface area contributed by atoms with E-state index >= 15 is 0 Å². The third-order valence-electron chi connectivity index (χ3n) is 3.18. The van der Waals surface area contributed by atoms with Crippen LogP contribution in [-0.2, 0) is 0 Å². The van der Waals surface area contributed by atoms with Gasteiger partial charge in [0.25, 0.3) is 0 Å². The first-order chi connectivity index (χ1) is 8.97. The number of anilines is 1. The number of fused-ring (bicyclic) bond motifs is 1.